The lowest BCUT2D eigenvalue weighted by atomic mass is 10.2. The molecule has 9 heteroatoms. The number of nitro groups is 1. The lowest BCUT2D eigenvalue weighted by Gasteiger charge is -2.06. The molecule has 20 heavy (non-hydrogen) atoms. The lowest BCUT2D eigenvalue weighted by Crippen LogP contribution is -2.26. The van der Waals surface area contributed by atoms with Crippen LogP contribution >= 0.6 is 0 Å². The van der Waals surface area contributed by atoms with E-state index in [9.17, 15) is 19.7 Å². The molecule has 0 aliphatic rings. The molecule has 1 rings (SSSR count). The standard InChI is InChI=1S/C11H15N5O4/c1-13-10-5-7(8(6-15-10)16(19)20)11(18)14-4-2-3-9(12)17/h5-6H,2-4H2,1H3,(H2,12,17)(H,13,15)(H,14,18). The number of nitrogens with zero attached hydrogens (tertiary/aromatic N) is 2. The predicted molar refractivity (Wildman–Crippen MR) is 71.2 cm³/mol. The third kappa shape index (κ3) is 4.19. The number of anilines is 1. The Morgan fingerprint density at radius 1 is 1.50 bits per heavy atom. The minimum Gasteiger partial charge on any atom is -0.373 e. The highest BCUT2D eigenvalue weighted by Gasteiger charge is 2.21. The van der Waals surface area contributed by atoms with Crippen LogP contribution in [0, 0.1) is 10.1 Å². The van der Waals surface area contributed by atoms with Gasteiger partial charge in [0.1, 0.15) is 17.6 Å². The van der Waals surface area contributed by atoms with E-state index >= 15 is 0 Å². The number of hydrogen-bond donors (Lipinski definition) is 3. The van der Waals surface area contributed by atoms with Gasteiger partial charge >= 0.3 is 0 Å². The van der Waals surface area contributed by atoms with Gasteiger partial charge in [0.15, 0.2) is 0 Å². The number of amides is 2. The lowest BCUT2D eigenvalue weighted by molar-refractivity contribution is -0.385. The van der Waals surface area contributed by atoms with Crippen molar-refractivity contribution in [3.8, 4) is 0 Å². The molecule has 0 atom stereocenters. The molecule has 1 aromatic rings. The van der Waals surface area contributed by atoms with Crippen molar-refractivity contribution in [1.82, 2.24) is 10.3 Å². The topological polar surface area (TPSA) is 140 Å². The molecule has 108 valence electrons. The molecule has 0 unspecified atom stereocenters. The zero-order chi connectivity index (χ0) is 15.1. The highest BCUT2D eigenvalue weighted by Crippen LogP contribution is 2.19. The number of hydrogen-bond acceptors (Lipinski definition) is 6. The summed E-state index contributed by atoms with van der Waals surface area (Å²) in [6.45, 7) is 0.205. The van der Waals surface area contributed by atoms with Gasteiger partial charge in [0, 0.05) is 26.1 Å². The van der Waals surface area contributed by atoms with Gasteiger partial charge in [0.2, 0.25) is 5.91 Å². The normalized spacial score (nSPS) is 9.85. The van der Waals surface area contributed by atoms with Crippen LogP contribution in [-0.2, 0) is 4.79 Å². The van der Waals surface area contributed by atoms with E-state index in [2.05, 4.69) is 15.6 Å². The summed E-state index contributed by atoms with van der Waals surface area (Å²) < 4.78 is 0. The molecule has 0 aliphatic carbocycles. The molecule has 1 aromatic heterocycles. The Bertz CT molecular complexity index is 532. The van der Waals surface area contributed by atoms with E-state index in [1.807, 2.05) is 0 Å². The molecule has 0 saturated carbocycles. The first-order valence-corrected chi connectivity index (χ1v) is 5.84. The molecule has 9 nitrogen and oxygen atoms in total. The van der Waals surface area contributed by atoms with Gasteiger partial charge in [-0.3, -0.25) is 19.7 Å². The molecule has 0 radical (unpaired) electrons. The maximum atomic E-state index is 11.9. The van der Waals surface area contributed by atoms with Gasteiger partial charge in [-0.05, 0) is 6.42 Å². The SMILES string of the molecule is CNc1cc(C(=O)NCCCC(N)=O)c([N+](=O)[O-])cn1. The van der Waals surface area contributed by atoms with Crippen LogP contribution in [0.4, 0.5) is 11.5 Å². The Balaban J connectivity index is 2.79. The van der Waals surface area contributed by atoms with Crippen molar-refractivity contribution >= 4 is 23.3 Å². The molecule has 4 N–H and O–H groups in total. The Kier molecular flexibility index (Phi) is 5.39. The van der Waals surface area contributed by atoms with Crippen LogP contribution in [0.25, 0.3) is 0 Å². The van der Waals surface area contributed by atoms with Crippen molar-refractivity contribution in [2.24, 2.45) is 5.73 Å². The molecule has 0 bridgehead atoms. The summed E-state index contributed by atoms with van der Waals surface area (Å²) in [4.78, 5) is 36.4. The number of carbonyl (C=O) groups is 2. The van der Waals surface area contributed by atoms with Gasteiger partial charge in [-0.2, -0.15) is 0 Å². The van der Waals surface area contributed by atoms with E-state index < -0.39 is 16.7 Å². The maximum absolute atomic E-state index is 11.9. The number of rotatable bonds is 7. The zero-order valence-electron chi connectivity index (χ0n) is 10.9. The number of primary amides is 1. The van der Waals surface area contributed by atoms with E-state index in [4.69, 9.17) is 5.73 Å². The Morgan fingerprint density at radius 2 is 2.20 bits per heavy atom. The molecule has 0 saturated heterocycles. The fourth-order valence-corrected chi connectivity index (χ4v) is 1.47. The van der Waals surface area contributed by atoms with Crippen molar-refractivity contribution in [1.29, 1.82) is 0 Å². The zero-order valence-corrected chi connectivity index (χ0v) is 10.9. The number of pyridine rings is 1. The first kappa shape index (κ1) is 15.3. The van der Waals surface area contributed by atoms with E-state index in [1.54, 1.807) is 7.05 Å². The van der Waals surface area contributed by atoms with Crippen LogP contribution in [-0.4, -0.2) is 35.3 Å². The van der Waals surface area contributed by atoms with Gasteiger partial charge in [-0.25, -0.2) is 4.98 Å². The average Bonchev–Trinajstić information content (AvgIpc) is 2.42. The highest BCUT2D eigenvalue weighted by molar-refractivity contribution is 5.98. The summed E-state index contributed by atoms with van der Waals surface area (Å²) in [5.74, 6) is -0.718. The summed E-state index contributed by atoms with van der Waals surface area (Å²) >= 11 is 0. The van der Waals surface area contributed by atoms with E-state index in [0.717, 1.165) is 6.20 Å². The number of carbonyl (C=O) groups excluding carboxylic acids is 2. The molecule has 0 aliphatic heterocycles. The van der Waals surface area contributed by atoms with Gasteiger partial charge < -0.3 is 16.4 Å². The third-order valence-corrected chi connectivity index (χ3v) is 2.47. The van der Waals surface area contributed by atoms with E-state index in [1.165, 1.54) is 6.07 Å². The molecule has 1 heterocycles. The number of nitrogens with two attached hydrogens (primary N) is 1. The summed E-state index contributed by atoms with van der Waals surface area (Å²) in [5.41, 5.74) is 4.50. The second-order valence-corrected chi connectivity index (χ2v) is 3.92. The van der Waals surface area contributed by atoms with E-state index in [0.29, 0.717) is 12.2 Å². The number of aromatic nitrogens is 1. The summed E-state index contributed by atoms with van der Waals surface area (Å²) in [5, 5.41) is 16.0. The molecule has 0 spiro atoms. The Hall–Kier alpha value is -2.71. The van der Waals surface area contributed by atoms with Crippen molar-refractivity contribution in [2.75, 3.05) is 18.9 Å². The quantitative estimate of drug-likeness (QED) is 0.366. The summed E-state index contributed by atoms with van der Waals surface area (Å²) in [6.07, 6.45) is 1.53. The Morgan fingerprint density at radius 3 is 2.75 bits per heavy atom. The van der Waals surface area contributed by atoms with Crippen LogP contribution in [0.5, 0.6) is 0 Å². The smallest absolute Gasteiger partial charge is 0.300 e. The monoisotopic (exact) mass is 281 g/mol. The maximum Gasteiger partial charge on any atom is 0.300 e. The molecule has 0 fully saturated rings. The first-order valence-electron chi connectivity index (χ1n) is 5.84. The van der Waals surface area contributed by atoms with Crippen molar-refractivity contribution in [3.05, 3.63) is 27.9 Å². The van der Waals surface area contributed by atoms with E-state index in [-0.39, 0.29) is 24.2 Å². The average molecular weight is 281 g/mol. The van der Waals surface area contributed by atoms with Gasteiger partial charge in [0.05, 0.1) is 4.92 Å². The van der Waals surface area contributed by atoms with Crippen LogP contribution in [0.15, 0.2) is 12.3 Å². The molecule has 2 amide bonds. The second-order valence-electron chi connectivity index (χ2n) is 3.92. The molecular formula is C11H15N5O4. The molecule has 0 aromatic carbocycles. The fourth-order valence-electron chi connectivity index (χ4n) is 1.47. The van der Waals surface area contributed by atoms with Crippen LogP contribution in [0.2, 0.25) is 0 Å². The minimum absolute atomic E-state index is 0.0894. The third-order valence-electron chi connectivity index (χ3n) is 2.47. The fraction of sp³-hybridized carbons (Fsp3) is 0.364. The minimum atomic E-state index is -0.676. The number of nitrogens with one attached hydrogen (secondary N) is 2. The van der Waals surface area contributed by atoms with Crippen LogP contribution in [0.1, 0.15) is 23.2 Å². The van der Waals surface area contributed by atoms with Crippen molar-refractivity contribution in [2.45, 2.75) is 12.8 Å². The van der Waals surface area contributed by atoms with Gasteiger partial charge in [-0.15, -0.1) is 0 Å². The highest BCUT2D eigenvalue weighted by atomic mass is 16.6. The van der Waals surface area contributed by atoms with Gasteiger partial charge in [0.25, 0.3) is 11.6 Å². The van der Waals surface area contributed by atoms with Crippen LogP contribution < -0.4 is 16.4 Å². The first-order chi connectivity index (χ1) is 9.45. The summed E-state index contributed by atoms with van der Waals surface area (Å²) in [7, 11) is 1.59. The summed E-state index contributed by atoms with van der Waals surface area (Å²) in [6, 6.07) is 1.29. The molecular weight excluding hydrogens is 266 g/mol. The van der Waals surface area contributed by atoms with Crippen molar-refractivity contribution in [3.63, 3.8) is 0 Å². The van der Waals surface area contributed by atoms with Gasteiger partial charge in [-0.1, -0.05) is 0 Å². The predicted octanol–water partition coefficient (Wildman–Crippen LogP) is 0.0268. The van der Waals surface area contributed by atoms with Crippen molar-refractivity contribution < 1.29 is 14.5 Å². The second kappa shape index (κ2) is 7.02. The van der Waals surface area contributed by atoms with Crippen LogP contribution in [0.3, 0.4) is 0 Å². The Labute approximate surface area is 114 Å². The largest absolute Gasteiger partial charge is 0.373 e.